The Hall–Kier alpha value is -4.58. The second kappa shape index (κ2) is 7.92. The van der Waals surface area contributed by atoms with Crippen LogP contribution in [0.4, 0.5) is 11.4 Å². The van der Waals surface area contributed by atoms with Crippen molar-refractivity contribution in [2.75, 3.05) is 0 Å². The summed E-state index contributed by atoms with van der Waals surface area (Å²) in [4.78, 5) is 16.4. The monoisotopic (exact) mass is 419 g/mol. The van der Waals surface area contributed by atoms with Gasteiger partial charge in [0.2, 0.25) is 0 Å². The fourth-order valence-electron chi connectivity index (χ4n) is 3.68. The standard InChI is InChI=1S/C26H17N3O3/c30-24-13-12-16-6-1-2-9-19(16)25(24)29-28-18-8-5-7-17(14-18)23-15-21(26(31)32)20-10-3-4-11-22(20)27-23/h1-15,30H,(H,31,32). The van der Waals surface area contributed by atoms with Crippen LogP contribution in [0.1, 0.15) is 10.4 Å². The number of hydrogen-bond acceptors (Lipinski definition) is 5. The zero-order valence-corrected chi connectivity index (χ0v) is 16.8. The van der Waals surface area contributed by atoms with Gasteiger partial charge >= 0.3 is 5.97 Å². The molecule has 0 bridgehead atoms. The second-order valence-electron chi connectivity index (χ2n) is 7.28. The van der Waals surface area contributed by atoms with E-state index < -0.39 is 5.97 Å². The molecule has 154 valence electrons. The van der Waals surface area contributed by atoms with Gasteiger partial charge in [0.25, 0.3) is 0 Å². The van der Waals surface area contributed by atoms with Crippen LogP contribution in [0.3, 0.4) is 0 Å². The molecule has 0 spiro atoms. The van der Waals surface area contributed by atoms with Gasteiger partial charge in [-0.15, -0.1) is 5.11 Å². The molecule has 2 N–H and O–H groups in total. The topological polar surface area (TPSA) is 95.1 Å². The molecule has 0 saturated heterocycles. The van der Waals surface area contributed by atoms with Crippen LogP contribution in [0.5, 0.6) is 5.75 Å². The zero-order chi connectivity index (χ0) is 22.1. The minimum Gasteiger partial charge on any atom is -0.506 e. The van der Waals surface area contributed by atoms with E-state index in [4.69, 9.17) is 0 Å². The smallest absolute Gasteiger partial charge is 0.336 e. The van der Waals surface area contributed by atoms with Crippen LogP contribution in [0, 0.1) is 0 Å². The Labute approximate surface area is 183 Å². The third kappa shape index (κ3) is 3.54. The third-order valence-corrected chi connectivity index (χ3v) is 5.23. The van der Waals surface area contributed by atoms with Crippen molar-refractivity contribution < 1.29 is 15.0 Å². The number of rotatable bonds is 4. The molecular weight excluding hydrogens is 402 g/mol. The Bertz CT molecular complexity index is 1530. The lowest BCUT2D eigenvalue weighted by molar-refractivity contribution is 0.0699. The number of benzene rings is 4. The number of hydrogen-bond donors (Lipinski definition) is 2. The summed E-state index contributed by atoms with van der Waals surface area (Å²) in [6.07, 6.45) is 0. The largest absolute Gasteiger partial charge is 0.506 e. The van der Waals surface area contributed by atoms with Crippen LogP contribution in [-0.2, 0) is 0 Å². The van der Waals surface area contributed by atoms with Crippen molar-refractivity contribution in [1.29, 1.82) is 0 Å². The number of phenolic OH excluding ortho intramolecular Hbond substituents is 1. The van der Waals surface area contributed by atoms with Gasteiger partial charge in [-0.2, -0.15) is 5.11 Å². The lowest BCUT2D eigenvalue weighted by atomic mass is 10.0. The van der Waals surface area contributed by atoms with E-state index in [2.05, 4.69) is 15.2 Å². The van der Waals surface area contributed by atoms with Gasteiger partial charge in [0.1, 0.15) is 11.4 Å². The van der Waals surface area contributed by atoms with E-state index in [1.165, 1.54) is 0 Å². The Kier molecular flexibility index (Phi) is 4.80. The molecule has 5 aromatic rings. The average molecular weight is 419 g/mol. The molecule has 0 amide bonds. The van der Waals surface area contributed by atoms with E-state index in [9.17, 15) is 15.0 Å². The average Bonchev–Trinajstić information content (AvgIpc) is 2.83. The number of fused-ring (bicyclic) bond motifs is 2. The highest BCUT2D eigenvalue weighted by Gasteiger charge is 2.13. The van der Waals surface area contributed by atoms with Crippen molar-refractivity contribution in [2.45, 2.75) is 0 Å². The van der Waals surface area contributed by atoms with Gasteiger partial charge in [-0.3, -0.25) is 0 Å². The number of aromatic hydroxyl groups is 1. The maximum atomic E-state index is 11.8. The molecule has 0 aliphatic rings. The number of azo groups is 1. The van der Waals surface area contributed by atoms with Crippen molar-refractivity contribution in [1.82, 2.24) is 4.98 Å². The van der Waals surface area contributed by atoms with E-state index in [1.807, 2.05) is 48.5 Å². The summed E-state index contributed by atoms with van der Waals surface area (Å²) in [5, 5.41) is 30.9. The van der Waals surface area contributed by atoms with Gasteiger partial charge in [-0.1, -0.05) is 60.7 Å². The summed E-state index contributed by atoms with van der Waals surface area (Å²) >= 11 is 0. The van der Waals surface area contributed by atoms with Crippen LogP contribution in [0.25, 0.3) is 32.9 Å². The van der Waals surface area contributed by atoms with Crippen molar-refractivity contribution in [2.24, 2.45) is 10.2 Å². The maximum absolute atomic E-state index is 11.8. The molecule has 0 aliphatic heterocycles. The molecule has 6 heteroatoms. The molecule has 0 aliphatic carbocycles. The first-order valence-electron chi connectivity index (χ1n) is 9.96. The maximum Gasteiger partial charge on any atom is 0.336 e. The predicted octanol–water partition coefficient (Wildman–Crippen LogP) is 6.87. The lowest BCUT2D eigenvalue weighted by Crippen LogP contribution is -2.00. The van der Waals surface area contributed by atoms with Gasteiger partial charge in [-0.05, 0) is 35.7 Å². The van der Waals surface area contributed by atoms with Crippen molar-refractivity contribution in [3.63, 3.8) is 0 Å². The van der Waals surface area contributed by atoms with Crippen LogP contribution in [0.15, 0.2) is 101 Å². The molecule has 32 heavy (non-hydrogen) atoms. The summed E-state index contributed by atoms with van der Waals surface area (Å²) in [5.41, 5.74) is 3.00. The fourth-order valence-corrected chi connectivity index (χ4v) is 3.68. The predicted molar refractivity (Wildman–Crippen MR) is 124 cm³/mol. The molecule has 0 unspecified atom stereocenters. The summed E-state index contributed by atoms with van der Waals surface area (Å²) in [5.74, 6) is -0.960. The first-order valence-corrected chi connectivity index (χ1v) is 9.96. The number of nitrogens with zero attached hydrogens (tertiary/aromatic N) is 3. The first-order chi connectivity index (χ1) is 15.6. The molecule has 0 radical (unpaired) electrons. The van der Waals surface area contributed by atoms with E-state index in [0.29, 0.717) is 28.0 Å². The Morgan fingerprint density at radius 3 is 2.41 bits per heavy atom. The van der Waals surface area contributed by atoms with Crippen LogP contribution in [-0.4, -0.2) is 21.2 Å². The van der Waals surface area contributed by atoms with Gasteiger partial charge < -0.3 is 10.2 Å². The number of carboxylic acid groups (broad SMARTS) is 1. The van der Waals surface area contributed by atoms with E-state index in [-0.39, 0.29) is 11.3 Å². The third-order valence-electron chi connectivity index (χ3n) is 5.23. The first kappa shape index (κ1) is 19.4. The number of para-hydroxylation sites is 1. The highest BCUT2D eigenvalue weighted by molar-refractivity contribution is 6.03. The van der Waals surface area contributed by atoms with E-state index in [1.54, 1.807) is 42.5 Å². The second-order valence-corrected chi connectivity index (χ2v) is 7.28. The Morgan fingerprint density at radius 1 is 0.781 bits per heavy atom. The molecular formula is C26H17N3O3. The summed E-state index contributed by atoms with van der Waals surface area (Å²) in [7, 11) is 0. The highest BCUT2D eigenvalue weighted by Crippen LogP contribution is 2.36. The molecule has 1 aromatic heterocycles. The molecule has 0 fully saturated rings. The number of phenols is 1. The molecule has 0 saturated carbocycles. The molecule has 1 heterocycles. The highest BCUT2D eigenvalue weighted by atomic mass is 16.4. The lowest BCUT2D eigenvalue weighted by Gasteiger charge is -2.07. The summed E-state index contributed by atoms with van der Waals surface area (Å²) in [6.45, 7) is 0. The van der Waals surface area contributed by atoms with Gasteiger partial charge in [0, 0.05) is 16.3 Å². The number of pyridine rings is 1. The van der Waals surface area contributed by atoms with Crippen LogP contribution >= 0.6 is 0 Å². The minimum absolute atomic E-state index is 0.0471. The van der Waals surface area contributed by atoms with Crippen LogP contribution < -0.4 is 0 Å². The molecule has 0 atom stereocenters. The Morgan fingerprint density at radius 2 is 1.56 bits per heavy atom. The van der Waals surface area contributed by atoms with Crippen LogP contribution in [0.2, 0.25) is 0 Å². The van der Waals surface area contributed by atoms with E-state index >= 15 is 0 Å². The number of carbonyl (C=O) groups is 1. The Balaban J connectivity index is 1.57. The quantitative estimate of drug-likeness (QED) is 0.311. The van der Waals surface area contributed by atoms with Gasteiger partial charge in [0.15, 0.2) is 0 Å². The van der Waals surface area contributed by atoms with Crippen molar-refractivity contribution in [3.8, 4) is 17.0 Å². The summed E-state index contributed by atoms with van der Waals surface area (Å²) in [6, 6.07) is 27.0. The van der Waals surface area contributed by atoms with Gasteiger partial charge in [-0.25, -0.2) is 9.78 Å². The SMILES string of the molecule is O=C(O)c1cc(-c2cccc(N=Nc3c(O)ccc4ccccc34)c2)nc2ccccc12. The molecule has 4 aromatic carbocycles. The fraction of sp³-hybridized carbons (Fsp3) is 0. The van der Waals surface area contributed by atoms with Crippen molar-refractivity contribution in [3.05, 3.63) is 96.6 Å². The zero-order valence-electron chi connectivity index (χ0n) is 16.8. The summed E-state index contributed by atoms with van der Waals surface area (Å²) < 4.78 is 0. The number of carboxylic acids is 1. The van der Waals surface area contributed by atoms with Crippen molar-refractivity contribution >= 4 is 39.0 Å². The number of aromatic carboxylic acids is 1. The molecule has 6 nitrogen and oxygen atoms in total. The minimum atomic E-state index is -1.01. The van der Waals surface area contributed by atoms with E-state index in [0.717, 1.165) is 16.3 Å². The normalized spacial score (nSPS) is 11.4. The number of aromatic nitrogens is 1. The molecule has 5 rings (SSSR count). The van der Waals surface area contributed by atoms with Gasteiger partial charge in [0.05, 0.1) is 22.5 Å².